The largest absolute Gasteiger partial charge is 0.496 e. The van der Waals surface area contributed by atoms with Gasteiger partial charge in [0.2, 0.25) is 0 Å². The zero-order valence-corrected chi connectivity index (χ0v) is 13.4. The lowest BCUT2D eigenvalue weighted by Crippen LogP contribution is -2.41. The standard InChI is InChI=1S/C16H25ClN2O/c1-12(2)15-11-19(9-5-8-18-15)10-13-14(17)6-4-7-16(13)20-3/h4,6-7,12,15,18H,5,8-11H2,1-3H3. The highest BCUT2D eigenvalue weighted by Gasteiger charge is 2.21. The number of halogens is 1. The van der Waals surface area contributed by atoms with E-state index in [2.05, 4.69) is 24.1 Å². The van der Waals surface area contributed by atoms with Gasteiger partial charge in [0.25, 0.3) is 0 Å². The summed E-state index contributed by atoms with van der Waals surface area (Å²) in [5.41, 5.74) is 1.10. The molecule has 1 atom stereocenters. The average Bonchev–Trinajstić information content (AvgIpc) is 2.66. The minimum absolute atomic E-state index is 0.547. The molecule has 0 aromatic heterocycles. The highest BCUT2D eigenvalue weighted by atomic mass is 35.5. The number of methoxy groups -OCH3 is 1. The van der Waals surface area contributed by atoms with Crippen molar-refractivity contribution >= 4 is 11.6 Å². The van der Waals surface area contributed by atoms with Gasteiger partial charge in [-0.15, -0.1) is 0 Å². The van der Waals surface area contributed by atoms with E-state index in [9.17, 15) is 0 Å². The second-order valence-corrected chi connectivity index (χ2v) is 6.22. The van der Waals surface area contributed by atoms with Crippen LogP contribution in [0, 0.1) is 5.92 Å². The zero-order valence-electron chi connectivity index (χ0n) is 12.7. The molecule has 1 unspecified atom stereocenters. The van der Waals surface area contributed by atoms with Crippen molar-refractivity contribution in [3.63, 3.8) is 0 Å². The van der Waals surface area contributed by atoms with Crippen LogP contribution < -0.4 is 10.1 Å². The summed E-state index contributed by atoms with van der Waals surface area (Å²) in [6.07, 6.45) is 1.18. The third-order valence-corrected chi connectivity index (χ3v) is 4.35. The molecule has 0 bridgehead atoms. The van der Waals surface area contributed by atoms with Gasteiger partial charge in [0.1, 0.15) is 5.75 Å². The predicted octanol–water partition coefficient (Wildman–Crippen LogP) is 3.17. The van der Waals surface area contributed by atoms with Crippen LogP contribution in [-0.4, -0.2) is 37.7 Å². The molecule has 0 radical (unpaired) electrons. The normalized spacial score (nSPS) is 20.9. The van der Waals surface area contributed by atoms with E-state index < -0.39 is 0 Å². The van der Waals surface area contributed by atoms with Crippen LogP contribution in [-0.2, 0) is 6.54 Å². The first-order valence-corrected chi connectivity index (χ1v) is 7.76. The third-order valence-electron chi connectivity index (χ3n) is 3.99. The fraction of sp³-hybridized carbons (Fsp3) is 0.625. The van der Waals surface area contributed by atoms with Crippen molar-refractivity contribution < 1.29 is 4.74 Å². The van der Waals surface area contributed by atoms with E-state index >= 15 is 0 Å². The molecule has 1 aliphatic heterocycles. The summed E-state index contributed by atoms with van der Waals surface area (Å²) < 4.78 is 5.45. The molecular weight excluding hydrogens is 272 g/mol. The monoisotopic (exact) mass is 296 g/mol. The fourth-order valence-electron chi connectivity index (χ4n) is 2.72. The van der Waals surface area contributed by atoms with E-state index in [1.54, 1.807) is 7.11 Å². The molecule has 3 nitrogen and oxygen atoms in total. The quantitative estimate of drug-likeness (QED) is 0.924. The second-order valence-electron chi connectivity index (χ2n) is 5.81. The Bertz CT molecular complexity index is 436. The van der Waals surface area contributed by atoms with Gasteiger partial charge in [-0.05, 0) is 37.6 Å². The molecule has 1 aromatic carbocycles. The van der Waals surface area contributed by atoms with Gasteiger partial charge in [-0.2, -0.15) is 0 Å². The first kappa shape index (κ1) is 15.6. The summed E-state index contributed by atoms with van der Waals surface area (Å²) in [5, 5.41) is 4.43. The van der Waals surface area contributed by atoms with Crippen molar-refractivity contribution in [2.75, 3.05) is 26.7 Å². The Balaban J connectivity index is 2.12. The molecule has 1 aliphatic rings. The number of hydrogen-bond acceptors (Lipinski definition) is 3. The molecule has 0 amide bonds. The van der Waals surface area contributed by atoms with E-state index in [4.69, 9.17) is 16.3 Å². The van der Waals surface area contributed by atoms with Crippen LogP contribution in [0.2, 0.25) is 5.02 Å². The smallest absolute Gasteiger partial charge is 0.124 e. The Labute approximate surface area is 127 Å². The van der Waals surface area contributed by atoms with Gasteiger partial charge < -0.3 is 10.1 Å². The second kappa shape index (κ2) is 7.30. The summed E-state index contributed by atoms with van der Waals surface area (Å²) in [4.78, 5) is 2.48. The predicted molar refractivity (Wildman–Crippen MR) is 84.5 cm³/mol. The molecule has 1 heterocycles. The molecule has 20 heavy (non-hydrogen) atoms. The number of benzene rings is 1. The maximum absolute atomic E-state index is 6.34. The van der Waals surface area contributed by atoms with Crippen LogP contribution in [0.5, 0.6) is 5.75 Å². The van der Waals surface area contributed by atoms with Crippen LogP contribution in [0.15, 0.2) is 18.2 Å². The van der Waals surface area contributed by atoms with Crippen molar-refractivity contribution in [2.45, 2.75) is 32.9 Å². The summed E-state index contributed by atoms with van der Waals surface area (Å²) >= 11 is 6.34. The van der Waals surface area contributed by atoms with Gasteiger partial charge in [-0.3, -0.25) is 4.90 Å². The van der Waals surface area contributed by atoms with E-state index in [-0.39, 0.29) is 0 Å². The van der Waals surface area contributed by atoms with Gasteiger partial charge in [-0.1, -0.05) is 31.5 Å². The highest BCUT2D eigenvalue weighted by Crippen LogP contribution is 2.28. The number of nitrogens with zero attached hydrogens (tertiary/aromatic N) is 1. The van der Waals surface area contributed by atoms with E-state index in [0.29, 0.717) is 12.0 Å². The molecule has 4 heteroatoms. The third kappa shape index (κ3) is 3.87. The minimum atomic E-state index is 0.547. The molecule has 0 aliphatic carbocycles. The van der Waals surface area contributed by atoms with Gasteiger partial charge in [0.15, 0.2) is 0 Å². The minimum Gasteiger partial charge on any atom is -0.496 e. The molecule has 0 spiro atoms. The average molecular weight is 297 g/mol. The molecule has 0 saturated carbocycles. The molecule has 2 rings (SSSR count). The Kier molecular flexibility index (Phi) is 5.70. The summed E-state index contributed by atoms with van der Waals surface area (Å²) in [6, 6.07) is 6.41. The van der Waals surface area contributed by atoms with Crippen molar-refractivity contribution in [1.29, 1.82) is 0 Å². The van der Waals surface area contributed by atoms with Gasteiger partial charge in [-0.25, -0.2) is 0 Å². The molecule has 1 N–H and O–H groups in total. The Morgan fingerprint density at radius 3 is 2.95 bits per heavy atom. The summed E-state index contributed by atoms with van der Waals surface area (Å²) in [5.74, 6) is 1.53. The van der Waals surface area contributed by atoms with Gasteiger partial charge in [0.05, 0.1) is 7.11 Å². The summed E-state index contributed by atoms with van der Waals surface area (Å²) in [7, 11) is 1.70. The zero-order chi connectivity index (χ0) is 14.5. The number of nitrogens with one attached hydrogen (secondary N) is 1. The van der Waals surface area contributed by atoms with Crippen molar-refractivity contribution in [1.82, 2.24) is 10.2 Å². The van der Waals surface area contributed by atoms with E-state index in [1.807, 2.05) is 18.2 Å². The molecule has 1 saturated heterocycles. The Hall–Kier alpha value is -0.770. The van der Waals surface area contributed by atoms with Crippen molar-refractivity contribution in [3.05, 3.63) is 28.8 Å². The van der Waals surface area contributed by atoms with Crippen LogP contribution in [0.25, 0.3) is 0 Å². The maximum atomic E-state index is 6.34. The van der Waals surface area contributed by atoms with Gasteiger partial charge >= 0.3 is 0 Å². The Morgan fingerprint density at radius 2 is 2.25 bits per heavy atom. The first-order valence-electron chi connectivity index (χ1n) is 7.39. The van der Waals surface area contributed by atoms with Gasteiger partial charge in [0, 0.05) is 29.7 Å². The molecular formula is C16H25ClN2O. The van der Waals surface area contributed by atoms with Crippen molar-refractivity contribution in [3.8, 4) is 5.75 Å². The molecule has 112 valence electrons. The highest BCUT2D eigenvalue weighted by molar-refractivity contribution is 6.31. The fourth-order valence-corrected chi connectivity index (χ4v) is 2.95. The lowest BCUT2D eigenvalue weighted by molar-refractivity contribution is 0.235. The summed E-state index contributed by atoms with van der Waals surface area (Å²) in [6.45, 7) is 8.66. The first-order chi connectivity index (χ1) is 9.61. The van der Waals surface area contributed by atoms with Crippen LogP contribution in [0.1, 0.15) is 25.8 Å². The lowest BCUT2D eigenvalue weighted by Gasteiger charge is -2.27. The lowest BCUT2D eigenvalue weighted by atomic mass is 10.0. The van der Waals surface area contributed by atoms with E-state index in [0.717, 1.165) is 42.5 Å². The Morgan fingerprint density at radius 1 is 1.45 bits per heavy atom. The van der Waals surface area contributed by atoms with Crippen LogP contribution >= 0.6 is 11.6 Å². The molecule has 1 aromatic rings. The maximum Gasteiger partial charge on any atom is 0.124 e. The number of hydrogen-bond donors (Lipinski definition) is 1. The number of rotatable bonds is 4. The van der Waals surface area contributed by atoms with E-state index in [1.165, 1.54) is 6.42 Å². The van der Waals surface area contributed by atoms with Crippen LogP contribution in [0.4, 0.5) is 0 Å². The number of ether oxygens (including phenoxy) is 1. The molecule has 1 fully saturated rings. The van der Waals surface area contributed by atoms with Crippen LogP contribution in [0.3, 0.4) is 0 Å². The van der Waals surface area contributed by atoms with Crippen molar-refractivity contribution in [2.24, 2.45) is 5.92 Å². The SMILES string of the molecule is COc1cccc(Cl)c1CN1CCCNC(C(C)C)C1. The topological polar surface area (TPSA) is 24.5 Å².